The van der Waals surface area contributed by atoms with Crippen molar-refractivity contribution in [2.75, 3.05) is 13.2 Å². The van der Waals surface area contributed by atoms with Crippen molar-refractivity contribution in [2.45, 2.75) is 159 Å². The van der Waals surface area contributed by atoms with Gasteiger partial charge in [-0.2, -0.15) is 0 Å². The van der Waals surface area contributed by atoms with Crippen LogP contribution < -0.4 is 5.32 Å². The monoisotopic (exact) mass is 637 g/mol. The van der Waals surface area contributed by atoms with Gasteiger partial charge in [0.2, 0.25) is 12.2 Å². The predicted octanol–water partition coefficient (Wildman–Crippen LogP) is 3.52. The van der Waals surface area contributed by atoms with Crippen molar-refractivity contribution >= 4 is 17.8 Å². The molecule has 3 saturated heterocycles. The number of fused-ring (bicyclic) bond motifs is 3. The molecule has 0 aromatic rings. The van der Waals surface area contributed by atoms with Crippen LogP contribution in [0.3, 0.4) is 0 Å². The van der Waals surface area contributed by atoms with Gasteiger partial charge in [0.1, 0.15) is 12.3 Å². The molecule has 3 aliphatic heterocycles. The highest BCUT2D eigenvalue weighted by atomic mass is 16.7. The van der Waals surface area contributed by atoms with E-state index in [9.17, 15) is 14.4 Å². The van der Waals surface area contributed by atoms with Crippen LogP contribution in [0.4, 0.5) is 0 Å². The van der Waals surface area contributed by atoms with Crippen molar-refractivity contribution < 1.29 is 52.3 Å². The number of ether oxygens (including phenoxy) is 8. The zero-order valence-corrected chi connectivity index (χ0v) is 27.5. The molecule has 13 atom stereocenters. The Morgan fingerprint density at radius 2 is 1.13 bits per heavy atom. The fraction of sp³-hybridized carbons (Fsp3) is 0.909. The fourth-order valence-electron chi connectivity index (χ4n) is 7.44. The van der Waals surface area contributed by atoms with E-state index < -0.39 is 24.9 Å². The Kier molecular flexibility index (Phi) is 9.30. The standard InChI is InChI=1S/C33H51NO11/c1-18(34-28(35)21-7-10-31(4)25(13-21)43-31)38-16-24(40-20(3)42-30(37)23-9-12-33(6)27(15-23)45-33)17-39-19(2)41-29(36)22-8-11-32(5)26(14-22)44-32/h18-27H,7-17H2,1-6H3,(H,34,35). The number of carbonyl (C=O) groups is 3. The second-order valence-corrected chi connectivity index (χ2v) is 14.8. The number of esters is 2. The van der Waals surface area contributed by atoms with Crippen molar-refractivity contribution in [3.63, 3.8) is 0 Å². The molecule has 6 fully saturated rings. The molecule has 254 valence electrons. The summed E-state index contributed by atoms with van der Waals surface area (Å²) in [5, 5.41) is 2.94. The lowest BCUT2D eigenvalue weighted by molar-refractivity contribution is -0.218. The Morgan fingerprint density at radius 1 is 0.689 bits per heavy atom. The Morgan fingerprint density at radius 3 is 1.64 bits per heavy atom. The van der Waals surface area contributed by atoms with Crippen LogP contribution >= 0.6 is 0 Å². The molecule has 6 aliphatic rings. The van der Waals surface area contributed by atoms with E-state index in [2.05, 4.69) is 26.1 Å². The second-order valence-electron chi connectivity index (χ2n) is 14.8. The molecule has 3 aliphatic carbocycles. The number of nitrogens with one attached hydrogen (secondary N) is 1. The molecule has 12 nitrogen and oxygen atoms in total. The Hall–Kier alpha value is -1.83. The Balaban J connectivity index is 0.969. The van der Waals surface area contributed by atoms with Crippen molar-refractivity contribution in [3.8, 4) is 0 Å². The maximum absolute atomic E-state index is 12.9. The summed E-state index contributed by atoms with van der Waals surface area (Å²) < 4.78 is 46.3. The molecule has 0 radical (unpaired) electrons. The molecule has 0 aromatic carbocycles. The fourth-order valence-corrected chi connectivity index (χ4v) is 7.44. The van der Waals surface area contributed by atoms with Crippen LogP contribution in [0, 0.1) is 17.8 Å². The van der Waals surface area contributed by atoms with Crippen LogP contribution in [0.2, 0.25) is 0 Å². The number of carbonyl (C=O) groups excluding carboxylic acids is 3. The van der Waals surface area contributed by atoms with E-state index in [4.69, 9.17) is 37.9 Å². The number of hydrogen-bond donors (Lipinski definition) is 1. The summed E-state index contributed by atoms with van der Waals surface area (Å²) in [6, 6.07) is 0. The van der Waals surface area contributed by atoms with Crippen LogP contribution in [0.1, 0.15) is 99.3 Å². The molecule has 45 heavy (non-hydrogen) atoms. The van der Waals surface area contributed by atoms with E-state index in [0.717, 1.165) is 38.5 Å². The molecule has 1 N–H and O–H groups in total. The molecule has 3 saturated carbocycles. The third-order valence-corrected chi connectivity index (χ3v) is 10.9. The predicted molar refractivity (Wildman–Crippen MR) is 157 cm³/mol. The van der Waals surface area contributed by atoms with Crippen molar-refractivity contribution in [1.82, 2.24) is 5.32 Å². The second kappa shape index (κ2) is 12.6. The molecule has 0 bridgehead atoms. The van der Waals surface area contributed by atoms with Crippen LogP contribution in [0.25, 0.3) is 0 Å². The zero-order chi connectivity index (χ0) is 32.1. The summed E-state index contributed by atoms with van der Waals surface area (Å²) in [7, 11) is 0. The van der Waals surface area contributed by atoms with Gasteiger partial charge in [-0.3, -0.25) is 14.4 Å². The minimum Gasteiger partial charge on any atom is -0.436 e. The molecule has 0 spiro atoms. The van der Waals surface area contributed by atoms with Gasteiger partial charge in [-0.25, -0.2) is 0 Å². The van der Waals surface area contributed by atoms with E-state index >= 15 is 0 Å². The Labute approximate surface area is 265 Å². The van der Waals surface area contributed by atoms with E-state index in [0.29, 0.717) is 19.3 Å². The summed E-state index contributed by atoms with van der Waals surface area (Å²) >= 11 is 0. The molecule has 6 rings (SSSR count). The average Bonchev–Trinajstić information content (AvgIpc) is 3.91. The van der Waals surface area contributed by atoms with Gasteiger partial charge in [-0.1, -0.05) is 0 Å². The average molecular weight is 638 g/mol. The third-order valence-electron chi connectivity index (χ3n) is 10.9. The first-order valence-electron chi connectivity index (χ1n) is 16.9. The maximum Gasteiger partial charge on any atom is 0.311 e. The lowest BCUT2D eigenvalue weighted by atomic mass is 9.82. The van der Waals surface area contributed by atoms with Gasteiger partial charge in [-0.15, -0.1) is 0 Å². The number of epoxide rings is 3. The van der Waals surface area contributed by atoms with Gasteiger partial charge in [0, 0.05) is 5.92 Å². The largest absolute Gasteiger partial charge is 0.436 e. The van der Waals surface area contributed by atoms with E-state index in [-0.39, 0.29) is 83.9 Å². The third kappa shape index (κ3) is 7.84. The summed E-state index contributed by atoms with van der Waals surface area (Å²) in [5.74, 6) is -1.21. The first-order chi connectivity index (χ1) is 21.2. The van der Waals surface area contributed by atoms with E-state index in [1.165, 1.54) is 0 Å². The van der Waals surface area contributed by atoms with Gasteiger partial charge in [-0.05, 0) is 99.3 Å². The number of hydrogen-bond acceptors (Lipinski definition) is 11. The molecule has 12 heteroatoms. The molecule has 13 unspecified atom stereocenters. The summed E-state index contributed by atoms with van der Waals surface area (Å²) in [4.78, 5) is 38.5. The van der Waals surface area contributed by atoms with Crippen LogP contribution in [-0.4, -0.2) is 91.1 Å². The van der Waals surface area contributed by atoms with Gasteiger partial charge in [0.15, 0.2) is 6.29 Å². The minimum atomic E-state index is -0.865. The van der Waals surface area contributed by atoms with Gasteiger partial charge in [0.05, 0.1) is 60.2 Å². The quantitative estimate of drug-likeness (QED) is 0.170. The highest BCUT2D eigenvalue weighted by Crippen LogP contribution is 2.51. The Bertz CT molecular complexity index is 1080. The normalized spacial score (nSPS) is 42.0. The minimum absolute atomic E-state index is 0.0173. The highest BCUT2D eigenvalue weighted by Gasteiger charge is 2.58. The van der Waals surface area contributed by atoms with Crippen molar-refractivity contribution in [1.29, 1.82) is 0 Å². The van der Waals surface area contributed by atoms with E-state index in [1.54, 1.807) is 20.8 Å². The van der Waals surface area contributed by atoms with E-state index in [1.807, 2.05) is 0 Å². The van der Waals surface area contributed by atoms with Crippen LogP contribution in [0.15, 0.2) is 0 Å². The van der Waals surface area contributed by atoms with Gasteiger partial charge in [0.25, 0.3) is 0 Å². The molecule has 0 aromatic heterocycles. The summed E-state index contributed by atoms with van der Waals surface area (Å²) in [6.07, 6.45) is 4.27. The molecule has 3 heterocycles. The number of rotatable bonds is 14. The number of amides is 1. The topological polar surface area (TPSA) is 147 Å². The van der Waals surface area contributed by atoms with Gasteiger partial charge < -0.3 is 43.2 Å². The lowest BCUT2D eigenvalue weighted by Crippen LogP contribution is -2.43. The first kappa shape index (κ1) is 33.1. The molecule has 1 amide bonds. The highest BCUT2D eigenvalue weighted by molar-refractivity contribution is 5.79. The van der Waals surface area contributed by atoms with Crippen molar-refractivity contribution in [2.24, 2.45) is 17.8 Å². The maximum atomic E-state index is 12.9. The SMILES string of the molecule is CC(NC(=O)C1CCC2(C)OC2C1)OCC(COC(C)OC(=O)C1CCC2(C)OC2C1)OC(C)OC(=O)C1CCC2(C)OC2C1. The molecular weight excluding hydrogens is 586 g/mol. The van der Waals surface area contributed by atoms with Crippen molar-refractivity contribution in [3.05, 3.63) is 0 Å². The smallest absolute Gasteiger partial charge is 0.311 e. The lowest BCUT2D eigenvalue weighted by Gasteiger charge is -2.28. The van der Waals surface area contributed by atoms with Crippen LogP contribution in [-0.2, 0) is 52.3 Å². The van der Waals surface area contributed by atoms with Crippen LogP contribution in [0.5, 0.6) is 0 Å². The molecular formula is C33H51NO11. The summed E-state index contributed by atoms with van der Waals surface area (Å²) in [5.41, 5.74) is -0.216. The first-order valence-corrected chi connectivity index (χ1v) is 16.9. The zero-order valence-electron chi connectivity index (χ0n) is 27.5. The van der Waals surface area contributed by atoms with Gasteiger partial charge >= 0.3 is 11.9 Å². The summed E-state index contributed by atoms with van der Waals surface area (Å²) in [6.45, 7) is 11.4.